The maximum Gasteiger partial charge on any atom is 0.433 e. The molecule has 316 valence electrons. The Kier molecular flexibility index (Phi) is 15.7. The molecule has 1 aromatic carbocycles. The number of hydrazine groups is 1. The van der Waals surface area contributed by atoms with E-state index in [1.807, 2.05) is 5.43 Å². The van der Waals surface area contributed by atoms with Gasteiger partial charge in [0.2, 0.25) is 11.8 Å². The van der Waals surface area contributed by atoms with Gasteiger partial charge in [0.05, 0.1) is 32.0 Å². The first-order chi connectivity index (χ1) is 28.0. The van der Waals surface area contributed by atoms with Gasteiger partial charge in [0.25, 0.3) is 17.7 Å². The number of nitrogens with one attached hydrogen (secondary N) is 4. The van der Waals surface area contributed by atoms with Gasteiger partial charge in [-0.3, -0.25) is 39.0 Å². The van der Waals surface area contributed by atoms with Crippen LogP contribution in [-0.4, -0.2) is 109 Å². The topological polar surface area (TPSA) is 317 Å². The number of amides is 7. The van der Waals surface area contributed by atoms with Gasteiger partial charge in [0.1, 0.15) is 36.3 Å². The quantitative estimate of drug-likeness (QED) is 0.0616. The highest BCUT2D eigenvalue weighted by Gasteiger charge is 2.55. The third-order valence-electron chi connectivity index (χ3n) is 8.50. The van der Waals surface area contributed by atoms with Gasteiger partial charge in [0.15, 0.2) is 12.2 Å². The molecule has 2 unspecified atom stereocenters. The molecular weight excluding hydrogens is 784 g/mol. The van der Waals surface area contributed by atoms with E-state index in [1.54, 1.807) is 54.6 Å². The van der Waals surface area contributed by atoms with Crippen LogP contribution in [0.5, 0.6) is 0 Å². The van der Waals surface area contributed by atoms with Crippen molar-refractivity contribution in [3.8, 4) is 0 Å². The number of carbonyl (C=O) groups is 9. The Hall–Kier alpha value is -7.23. The van der Waals surface area contributed by atoms with E-state index in [4.69, 9.17) is 18.3 Å². The Morgan fingerprint density at radius 3 is 1.83 bits per heavy atom. The average Bonchev–Trinajstić information content (AvgIpc) is 3.50. The second-order valence-electron chi connectivity index (χ2n) is 13.3. The predicted octanol–water partition coefficient (Wildman–Crippen LogP) is 0.967. The molecule has 22 nitrogen and oxygen atoms in total. The monoisotopic (exact) mass is 826 g/mol. The summed E-state index contributed by atoms with van der Waals surface area (Å²) in [5.74, 6) is -8.68. The van der Waals surface area contributed by atoms with Gasteiger partial charge in [-0.05, 0) is 42.2 Å². The normalized spacial score (nSPS) is 15.7. The summed E-state index contributed by atoms with van der Waals surface area (Å²) in [7, 11) is 0. The Morgan fingerprint density at radius 1 is 0.712 bits per heavy atom. The minimum Gasteiger partial charge on any atom is -0.481 e. The first kappa shape index (κ1) is 44.5. The van der Waals surface area contributed by atoms with Crippen molar-refractivity contribution in [2.24, 2.45) is 5.92 Å². The third kappa shape index (κ3) is 13.4. The van der Waals surface area contributed by atoms with Crippen molar-refractivity contribution in [3.63, 3.8) is 0 Å². The highest BCUT2D eigenvalue weighted by Crippen LogP contribution is 2.28. The molecule has 59 heavy (non-hydrogen) atoms. The lowest BCUT2D eigenvalue weighted by Crippen LogP contribution is -2.61. The number of alkyl carbamates (subject to hydrolysis) is 1. The Morgan fingerprint density at radius 2 is 1.31 bits per heavy atom. The molecule has 3 aromatic rings. The lowest BCUT2D eigenvalue weighted by atomic mass is 10.0. The molecule has 1 aliphatic heterocycles. The van der Waals surface area contributed by atoms with E-state index in [-0.39, 0.29) is 24.7 Å². The van der Waals surface area contributed by atoms with E-state index in [0.717, 1.165) is 0 Å². The van der Waals surface area contributed by atoms with Crippen LogP contribution in [0.25, 0.3) is 0 Å². The number of benzene rings is 1. The molecule has 22 heteroatoms. The maximum absolute atomic E-state index is 13.5. The molecule has 5 atom stereocenters. The first-order valence-electron chi connectivity index (χ1n) is 17.9. The van der Waals surface area contributed by atoms with Gasteiger partial charge >= 0.3 is 24.1 Å². The van der Waals surface area contributed by atoms with Gasteiger partial charge in [0, 0.05) is 6.42 Å². The van der Waals surface area contributed by atoms with Crippen molar-refractivity contribution in [1.29, 1.82) is 0 Å². The number of carboxylic acid groups (broad SMARTS) is 3. The summed E-state index contributed by atoms with van der Waals surface area (Å²) in [5.41, 5.74) is 2.47. The van der Waals surface area contributed by atoms with Crippen LogP contribution < -0.4 is 21.4 Å². The van der Waals surface area contributed by atoms with Crippen LogP contribution >= 0.6 is 0 Å². The van der Waals surface area contributed by atoms with Crippen molar-refractivity contribution in [2.75, 3.05) is 0 Å². The lowest BCUT2D eigenvalue weighted by molar-refractivity contribution is -0.142. The first-order valence-corrected chi connectivity index (χ1v) is 17.9. The zero-order valence-corrected chi connectivity index (χ0v) is 31.6. The number of hydrogen-bond donors (Lipinski definition) is 7. The summed E-state index contributed by atoms with van der Waals surface area (Å²) in [6, 6.07) is 9.61. The summed E-state index contributed by atoms with van der Waals surface area (Å²) in [4.78, 5) is 116. The van der Waals surface area contributed by atoms with Crippen LogP contribution in [0.1, 0.15) is 50.2 Å². The van der Waals surface area contributed by atoms with E-state index < -0.39 is 109 Å². The number of carboxylic acids is 2. The predicted molar refractivity (Wildman–Crippen MR) is 195 cm³/mol. The lowest BCUT2D eigenvalue weighted by Gasteiger charge is -2.27. The van der Waals surface area contributed by atoms with Crippen LogP contribution in [-0.2, 0) is 62.7 Å². The standard InChI is InChI=1S/C37H42N6O16/c1-20(2)28(40-31(48)24(12-13-26(44)45)38-32(49)25(16-27(46)47)39-36(53)58-19-21-8-4-3-5-9-21)33(50)41-43(37(54)55)35(52)30-29(59-30)34(51)42(17-22-10-6-14-56-22)18-23-11-7-15-57-23/h3-11,14-15,20,24-25,28-30H,12-13,16-19H2,1-2H3,(H,38,49)(H,39,53)(H,40,48)(H,41,50)(H,44,45)(H,46,47)(H,54,55)/t24-,25-,28-,29?,30?/m0/s1. The number of epoxide rings is 1. The third-order valence-corrected chi connectivity index (χ3v) is 8.50. The molecule has 1 fully saturated rings. The van der Waals surface area contributed by atoms with Crippen molar-refractivity contribution in [3.05, 3.63) is 84.2 Å². The molecule has 4 rings (SSSR count). The molecule has 0 saturated carbocycles. The second-order valence-corrected chi connectivity index (χ2v) is 13.3. The Labute approximate surface area is 334 Å². The van der Waals surface area contributed by atoms with Crippen molar-refractivity contribution in [1.82, 2.24) is 31.3 Å². The van der Waals surface area contributed by atoms with Gasteiger partial charge < -0.3 is 54.5 Å². The van der Waals surface area contributed by atoms with Gasteiger partial charge in [-0.15, -0.1) is 5.01 Å². The highest BCUT2D eigenvalue weighted by atomic mass is 16.6. The number of hydrogen-bond acceptors (Lipinski definition) is 13. The SMILES string of the molecule is CC(C)[C@H](NC(=O)[C@H](CCC(=O)O)NC(=O)[C@H](CC(=O)O)NC(=O)OCc1ccccc1)C(=O)NN(C(=O)O)C(=O)C1OC1C(=O)N(Cc1ccco1)Cc1ccco1. The van der Waals surface area contributed by atoms with Crippen LogP contribution in [0, 0.1) is 5.92 Å². The van der Waals surface area contributed by atoms with Crippen molar-refractivity contribution >= 4 is 53.7 Å². The Bertz CT molecular complexity index is 1930. The summed E-state index contributed by atoms with van der Waals surface area (Å²) >= 11 is 0. The van der Waals surface area contributed by atoms with E-state index in [2.05, 4.69) is 16.0 Å². The molecule has 0 bridgehead atoms. The summed E-state index contributed by atoms with van der Waals surface area (Å²) in [5, 5.41) is 35.0. The van der Waals surface area contributed by atoms with Crippen molar-refractivity contribution in [2.45, 2.75) is 83.1 Å². The van der Waals surface area contributed by atoms with Gasteiger partial charge in [-0.1, -0.05) is 44.2 Å². The molecular formula is C37H42N6O16. The fraction of sp³-hybridized carbons (Fsp3) is 0.378. The summed E-state index contributed by atoms with van der Waals surface area (Å²) < 4.78 is 21.0. The summed E-state index contributed by atoms with van der Waals surface area (Å²) in [6.45, 7) is 2.51. The molecule has 0 radical (unpaired) electrons. The van der Waals surface area contributed by atoms with E-state index in [1.165, 1.54) is 31.3 Å². The number of furan rings is 2. The van der Waals surface area contributed by atoms with E-state index in [0.29, 0.717) is 17.1 Å². The number of nitrogens with zero attached hydrogens (tertiary/aromatic N) is 2. The van der Waals surface area contributed by atoms with Crippen LogP contribution in [0.15, 0.2) is 76.0 Å². The fourth-order valence-corrected chi connectivity index (χ4v) is 5.45. The average molecular weight is 827 g/mol. The Balaban J connectivity index is 1.42. The number of imide groups is 1. The van der Waals surface area contributed by atoms with Crippen LogP contribution in [0.3, 0.4) is 0 Å². The highest BCUT2D eigenvalue weighted by molar-refractivity contribution is 6.02. The molecule has 1 aliphatic rings. The molecule has 7 amide bonds. The number of aliphatic carboxylic acids is 2. The van der Waals surface area contributed by atoms with Crippen molar-refractivity contribution < 1.29 is 76.8 Å². The molecule has 3 heterocycles. The molecule has 7 N–H and O–H groups in total. The molecule has 0 aliphatic carbocycles. The fourth-order valence-electron chi connectivity index (χ4n) is 5.45. The minimum atomic E-state index is -1.98. The van der Waals surface area contributed by atoms with E-state index in [9.17, 15) is 58.5 Å². The molecule has 0 spiro atoms. The molecule has 1 saturated heterocycles. The second kappa shape index (κ2) is 20.8. The maximum atomic E-state index is 13.5. The van der Waals surface area contributed by atoms with Crippen LogP contribution in [0.2, 0.25) is 0 Å². The van der Waals surface area contributed by atoms with Gasteiger partial charge in [-0.2, -0.15) is 0 Å². The van der Waals surface area contributed by atoms with Crippen LogP contribution in [0.4, 0.5) is 9.59 Å². The summed E-state index contributed by atoms with van der Waals surface area (Å²) in [6.07, 6.45) is -5.71. The number of ether oxygens (including phenoxy) is 2. The minimum absolute atomic E-state index is 0.0611. The number of carbonyl (C=O) groups excluding carboxylic acids is 6. The van der Waals surface area contributed by atoms with Gasteiger partial charge in [-0.25, -0.2) is 9.59 Å². The largest absolute Gasteiger partial charge is 0.481 e. The van der Waals surface area contributed by atoms with E-state index >= 15 is 0 Å². The zero-order chi connectivity index (χ0) is 43.2. The molecule has 2 aromatic heterocycles. The number of rotatable bonds is 20. The smallest absolute Gasteiger partial charge is 0.433 e. The zero-order valence-electron chi connectivity index (χ0n) is 31.6.